The molecule has 2 fully saturated rings. The van der Waals surface area contributed by atoms with Gasteiger partial charge in [-0.05, 0) is 19.3 Å². The van der Waals surface area contributed by atoms with E-state index in [2.05, 4.69) is 11.4 Å². The van der Waals surface area contributed by atoms with E-state index in [1.165, 1.54) is 19.3 Å². The minimum atomic E-state index is -0.243. The molecular formula is C16H25N3O2. The van der Waals surface area contributed by atoms with Crippen molar-refractivity contribution in [2.24, 2.45) is 5.92 Å². The molecule has 0 radical (unpaired) electrons. The van der Waals surface area contributed by atoms with E-state index in [-0.39, 0.29) is 23.8 Å². The maximum absolute atomic E-state index is 12.3. The molecule has 2 aliphatic rings. The molecule has 0 aromatic heterocycles. The maximum Gasteiger partial charge on any atom is 0.225 e. The number of carbonyl (C=O) groups excluding carboxylic acids is 2. The highest BCUT2D eigenvalue weighted by Gasteiger charge is 2.38. The summed E-state index contributed by atoms with van der Waals surface area (Å²) in [4.78, 5) is 26.4. The van der Waals surface area contributed by atoms with Gasteiger partial charge in [0.2, 0.25) is 11.8 Å². The van der Waals surface area contributed by atoms with Crippen LogP contribution in [0.25, 0.3) is 0 Å². The Labute approximate surface area is 126 Å². The van der Waals surface area contributed by atoms with Gasteiger partial charge < -0.3 is 10.2 Å². The summed E-state index contributed by atoms with van der Waals surface area (Å²) in [6.07, 6.45) is 7.18. The Hall–Kier alpha value is -1.57. The summed E-state index contributed by atoms with van der Waals surface area (Å²) >= 11 is 0. The van der Waals surface area contributed by atoms with E-state index in [4.69, 9.17) is 5.26 Å². The molecular weight excluding hydrogens is 266 g/mol. The summed E-state index contributed by atoms with van der Waals surface area (Å²) in [6, 6.07) is 2.33. The van der Waals surface area contributed by atoms with E-state index in [1.54, 1.807) is 0 Å². The second-order valence-electron chi connectivity index (χ2n) is 6.21. The van der Waals surface area contributed by atoms with Crippen molar-refractivity contribution in [3.05, 3.63) is 0 Å². The van der Waals surface area contributed by atoms with Crippen LogP contribution in [0.5, 0.6) is 0 Å². The van der Waals surface area contributed by atoms with Gasteiger partial charge in [-0.1, -0.05) is 26.2 Å². The Kier molecular flexibility index (Phi) is 5.60. The molecule has 5 heteroatoms. The first-order chi connectivity index (χ1) is 10.2. The lowest BCUT2D eigenvalue weighted by Gasteiger charge is -2.31. The Morgan fingerprint density at radius 3 is 2.76 bits per heavy atom. The summed E-state index contributed by atoms with van der Waals surface area (Å²) in [5.74, 6) is -0.189. The largest absolute Gasteiger partial charge is 0.352 e. The van der Waals surface area contributed by atoms with Gasteiger partial charge in [-0.25, -0.2) is 0 Å². The number of hydrogen-bond acceptors (Lipinski definition) is 3. The third-order valence-electron chi connectivity index (χ3n) is 4.72. The molecule has 5 nitrogen and oxygen atoms in total. The summed E-state index contributed by atoms with van der Waals surface area (Å²) < 4.78 is 0. The average Bonchev–Trinajstić information content (AvgIpc) is 2.89. The van der Waals surface area contributed by atoms with Crippen LogP contribution >= 0.6 is 0 Å². The lowest BCUT2D eigenvalue weighted by atomic mass is 9.94. The number of nitrogens with one attached hydrogen (secondary N) is 1. The molecule has 0 aromatic rings. The minimum Gasteiger partial charge on any atom is -0.352 e. The molecule has 0 aromatic carbocycles. The van der Waals surface area contributed by atoms with Crippen LogP contribution in [0.1, 0.15) is 58.3 Å². The molecule has 116 valence electrons. The zero-order chi connectivity index (χ0) is 15.2. The molecule has 1 aliphatic heterocycles. The highest BCUT2D eigenvalue weighted by molar-refractivity contribution is 5.89. The number of rotatable bonds is 5. The molecule has 1 heterocycles. The molecule has 1 aliphatic carbocycles. The van der Waals surface area contributed by atoms with Gasteiger partial charge >= 0.3 is 0 Å². The van der Waals surface area contributed by atoms with Crippen molar-refractivity contribution in [1.82, 2.24) is 10.2 Å². The van der Waals surface area contributed by atoms with E-state index < -0.39 is 0 Å². The third kappa shape index (κ3) is 3.96. The smallest absolute Gasteiger partial charge is 0.225 e. The molecule has 2 rings (SSSR count). The van der Waals surface area contributed by atoms with E-state index in [0.717, 1.165) is 19.3 Å². The standard InChI is InChI=1S/C16H25N3O2/c1-2-13(8-9-17)18-16(21)12-10-15(20)19(11-12)14-6-4-3-5-7-14/h12-14H,2-8,10-11H2,1H3,(H,18,21)/t12-,13-/m0/s1. The third-order valence-corrected chi connectivity index (χ3v) is 4.72. The topological polar surface area (TPSA) is 73.2 Å². The highest BCUT2D eigenvalue weighted by Crippen LogP contribution is 2.28. The number of hydrogen-bond donors (Lipinski definition) is 1. The van der Waals surface area contributed by atoms with Gasteiger partial charge in [-0.15, -0.1) is 0 Å². The average molecular weight is 291 g/mol. The van der Waals surface area contributed by atoms with Crippen LogP contribution < -0.4 is 5.32 Å². The fraction of sp³-hybridized carbons (Fsp3) is 0.812. The van der Waals surface area contributed by atoms with Gasteiger partial charge in [0.15, 0.2) is 0 Å². The summed E-state index contributed by atoms with van der Waals surface area (Å²) in [6.45, 7) is 2.51. The van der Waals surface area contributed by atoms with Crippen LogP contribution in [0.3, 0.4) is 0 Å². The predicted molar refractivity (Wildman–Crippen MR) is 79.1 cm³/mol. The van der Waals surface area contributed by atoms with Gasteiger partial charge in [-0.2, -0.15) is 5.26 Å². The number of carbonyl (C=O) groups is 2. The molecule has 1 saturated carbocycles. The molecule has 1 saturated heterocycles. The minimum absolute atomic E-state index is 0.0660. The van der Waals surface area contributed by atoms with Crippen molar-refractivity contribution >= 4 is 11.8 Å². The first-order valence-corrected chi connectivity index (χ1v) is 8.12. The molecule has 2 atom stereocenters. The van der Waals surface area contributed by atoms with Crippen LogP contribution in [0, 0.1) is 17.2 Å². The van der Waals surface area contributed by atoms with Gasteiger partial charge in [0.1, 0.15) is 0 Å². The van der Waals surface area contributed by atoms with Crippen LogP contribution in [-0.2, 0) is 9.59 Å². The monoisotopic (exact) mass is 291 g/mol. The first kappa shape index (κ1) is 15.8. The molecule has 1 N–H and O–H groups in total. The lowest BCUT2D eigenvalue weighted by Crippen LogP contribution is -2.41. The van der Waals surface area contributed by atoms with Crippen LogP contribution in [-0.4, -0.2) is 35.3 Å². The Morgan fingerprint density at radius 2 is 2.14 bits per heavy atom. The van der Waals surface area contributed by atoms with Crippen molar-refractivity contribution in [3.8, 4) is 6.07 Å². The van der Waals surface area contributed by atoms with Crippen LogP contribution in [0.2, 0.25) is 0 Å². The Bertz CT molecular complexity index is 424. The fourth-order valence-corrected chi connectivity index (χ4v) is 3.38. The molecule has 2 amide bonds. The number of nitriles is 1. The molecule has 21 heavy (non-hydrogen) atoms. The summed E-state index contributed by atoms with van der Waals surface area (Å²) in [5, 5.41) is 11.6. The van der Waals surface area contributed by atoms with Crippen LogP contribution in [0.4, 0.5) is 0 Å². The van der Waals surface area contributed by atoms with Crippen molar-refractivity contribution in [1.29, 1.82) is 5.26 Å². The fourth-order valence-electron chi connectivity index (χ4n) is 3.38. The maximum atomic E-state index is 12.3. The van der Waals surface area contributed by atoms with E-state index in [0.29, 0.717) is 25.4 Å². The lowest BCUT2D eigenvalue weighted by molar-refractivity contribution is -0.130. The summed E-state index contributed by atoms with van der Waals surface area (Å²) in [7, 11) is 0. The molecule has 0 unspecified atom stereocenters. The first-order valence-electron chi connectivity index (χ1n) is 8.12. The normalized spacial score (nSPS) is 24.7. The number of likely N-dealkylation sites (tertiary alicyclic amines) is 1. The second kappa shape index (κ2) is 7.44. The predicted octanol–water partition coefficient (Wildman–Crippen LogP) is 1.98. The van der Waals surface area contributed by atoms with Crippen molar-refractivity contribution < 1.29 is 9.59 Å². The highest BCUT2D eigenvalue weighted by atomic mass is 16.2. The summed E-state index contributed by atoms with van der Waals surface area (Å²) in [5.41, 5.74) is 0. The van der Waals surface area contributed by atoms with Gasteiger partial charge in [0.05, 0.1) is 18.4 Å². The van der Waals surface area contributed by atoms with Crippen molar-refractivity contribution in [3.63, 3.8) is 0 Å². The number of amides is 2. The van der Waals surface area contributed by atoms with Gasteiger partial charge in [-0.3, -0.25) is 9.59 Å². The Morgan fingerprint density at radius 1 is 1.43 bits per heavy atom. The Balaban J connectivity index is 1.89. The van der Waals surface area contributed by atoms with Crippen LogP contribution in [0.15, 0.2) is 0 Å². The molecule has 0 spiro atoms. The number of nitrogens with zero attached hydrogens (tertiary/aromatic N) is 2. The van der Waals surface area contributed by atoms with Gasteiger partial charge in [0.25, 0.3) is 0 Å². The van der Waals surface area contributed by atoms with Gasteiger partial charge in [0, 0.05) is 25.0 Å². The quantitative estimate of drug-likeness (QED) is 0.841. The van der Waals surface area contributed by atoms with E-state index in [1.807, 2.05) is 11.8 Å². The van der Waals surface area contributed by atoms with Crippen molar-refractivity contribution in [2.75, 3.05) is 6.54 Å². The SMILES string of the molecule is CC[C@@H](CC#N)NC(=O)[C@H]1CC(=O)N(C2CCCCC2)C1. The zero-order valence-corrected chi connectivity index (χ0v) is 12.8. The second-order valence-corrected chi connectivity index (χ2v) is 6.21. The zero-order valence-electron chi connectivity index (χ0n) is 12.8. The van der Waals surface area contributed by atoms with E-state index >= 15 is 0 Å². The van der Waals surface area contributed by atoms with Crippen molar-refractivity contribution in [2.45, 2.75) is 70.4 Å². The molecule has 0 bridgehead atoms. The van der Waals surface area contributed by atoms with E-state index in [9.17, 15) is 9.59 Å².